The van der Waals surface area contributed by atoms with Crippen LogP contribution in [0, 0.1) is 11.6 Å². The molecule has 4 heterocycles. The monoisotopic (exact) mass is 471 g/mol. The van der Waals surface area contributed by atoms with Gasteiger partial charge < -0.3 is 14.9 Å². The molecule has 0 atom stereocenters. The Kier molecular flexibility index (Phi) is 5.88. The molecule has 0 radical (unpaired) electrons. The van der Waals surface area contributed by atoms with Gasteiger partial charge in [-0.2, -0.15) is 0 Å². The van der Waals surface area contributed by atoms with Gasteiger partial charge in [0.15, 0.2) is 11.6 Å². The van der Waals surface area contributed by atoms with E-state index in [4.69, 9.17) is 0 Å². The number of hydrogen-bond acceptors (Lipinski definition) is 4. The van der Waals surface area contributed by atoms with E-state index in [-0.39, 0.29) is 18.7 Å². The summed E-state index contributed by atoms with van der Waals surface area (Å²) in [6.45, 7) is 0.167. The molecule has 0 saturated carbocycles. The SMILES string of the molecule is O=C(NCc1cncc(-c2c[nH]c3ncccc23)c1)c1cccn(Cc2ccc(F)c(F)c2)c1=O. The summed E-state index contributed by atoms with van der Waals surface area (Å²) in [7, 11) is 0. The van der Waals surface area contributed by atoms with E-state index < -0.39 is 23.1 Å². The predicted molar refractivity (Wildman–Crippen MR) is 127 cm³/mol. The van der Waals surface area contributed by atoms with Crippen molar-refractivity contribution in [1.82, 2.24) is 24.8 Å². The van der Waals surface area contributed by atoms with Crippen LogP contribution in [0.15, 0.2) is 84.3 Å². The van der Waals surface area contributed by atoms with E-state index in [0.717, 1.165) is 39.9 Å². The fourth-order valence-corrected chi connectivity index (χ4v) is 3.87. The zero-order valence-corrected chi connectivity index (χ0v) is 18.3. The fourth-order valence-electron chi connectivity index (χ4n) is 3.87. The van der Waals surface area contributed by atoms with Crippen molar-refractivity contribution in [2.75, 3.05) is 0 Å². The van der Waals surface area contributed by atoms with E-state index in [2.05, 4.69) is 20.3 Å². The van der Waals surface area contributed by atoms with Crippen molar-refractivity contribution in [1.29, 1.82) is 0 Å². The Morgan fingerprint density at radius 2 is 1.91 bits per heavy atom. The third-order valence-corrected chi connectivity index (χ3v) is 5.61. The first kappa shape index (κ1) is 22.1. The Balaban J connectivity index is 1.32. The van der Waals surface area contributed by atoms with E-state index in [9.17, 15) is 18.4 Å². The second-order valence-corrected chi connectivity index (χ2v) is 7.97. The van der Waals surface area contributed by atoms with Crippen LogP contribution in [0.1, 0.15) is 21.5 Å². The van der Waals surface area contributed by atoms with E-state index >= 15 is 0 Å². The summed E-state index contributed by atoms with van der Waals surface area (Å²) in [5, 5.41) is 3.71. The lowest BCUT2D eigenvalue weighted by Crippen LogP contribution is -2.32. The smallest absolute Gasteiger partial charge is 0.263 e. The maximum atomic E-state index is 13.5. The lowest BCUT2D eigenvalue weighted by Gasteiger charge is -2.10. The van der Waals surface area contributed by atoms with Gasteiger partial charge in [-0.25, -0.2) is 13.8 Å². The molecule has 7 nitrogen and oxygen atoms in total. The first-order valence-electron chi connectivity index (χ1n) is 10.8. The number of rotatable bonds is 6. The normalized spacial score (nSPS) is 11.0. The Morgan fingerprint density at radius 3 is 2.77 bits per heavy atom. The van der Waals surface area contributed by atoms with Crippen LogP contribution in [-0.4, -0.2) is 25.4 Å². The van der Waals surface area contributed by atoms with Crippen LogP contribution in [0.3, 0.4) is 0 Å². The first-order valence-corrected chi connectivity index (χ1v) is 10.8. The van der Waals surface area contributed by atoms with Crippen LogP contribution >= 0.6 is 0 Å². The fraction of sp³-hybridized carbons (Fsp3) is 0.0769. The van der Waals surface area contributed by atoms with Gasteiger partial charge in [-0.05, 0) is 53.6 Å². The zero-order valence-electron chi connectivity index (χ0n) is 18.3. The Morgan fingerprint density at radius 1 is 1.03 bits per heavy atom. The van der Waals surface area contributed by atoms with Crippen LogP contribution in [-0.2, 0) is 13.1 Å². The molecule has 1 amide bonds. The second kappa shape index (κ2) is 9.30. The van der Waals surface area contributed by atoms with E-state index in [1.54, 1.807) is 24.7 Å². The van der Waals surface area contributed by atoms with Gasteiger partial charge in [0.1, 0.15) is 11.2 Å². The molecule has 0 aliphatic rings. The van der Waals surface area contributed by atoms with Crippen molar-refractivity contribution in [2.45, 2.75) is 13.1 Å². The summed E-state index contributed by atoms with van der Waals surface area (Å²) < 4.78 is 28.0. The lowest BCUT2D eigenvalue weighted by molar-refractivity contribution is 0.0948. The topological polar surface area (TPSA) is 92.7 Å². The van der Waals surface area contributed by atoms with Crippen molar-refractivity contribution in [3.8, 4) is 11.1 Å². The summed E-state index contributed by atoms with van der Waals surface area (Å²) in [5.74, 6) is -2.50. The quantitative estimate of drug-likeness (QED) is 0.391. The van der Waals surface area contributed by atoms with Gasteiger partial charge in [0, 0.05) is 54.0 Å². The highest BCUT2D eigenvalue weighted by atomic mass is 19.2. The van der Waals surface area contributed by atoms with Crippen LogP contribution in [0.2, 0.25) is 0 Å². The predicted octanol–water partition coefficient (Wildman–Crippen LogP) is 4.04. The number of amides is 1. The Bertz CT molecular complexity index is 1610. The van der Waals surface area contributed by atoms with Gasteiger partial charge in [-0.15, -0.1) is 0 Å². The number of pyridine rings is 3. The standard InChI is InChI=1S/C26H19F2N5O2/c27-22-6-5-16(10-23(22)28)15-33-8-2-4-20(26(33)35)25(34)32-12-17-9-18(13-29-11-17)21-14-31-24-19(21)3-1-7-30-24/h1-11,13-14H,12,15H2,(H,30,31)(H,32,34). The largest absolute Gasteiger partial charge is 0.348 e. The van der Waals surface area contributed by atoms with Crippen LogP contribution < -0.4 is 10.9 Å². The second-order valence-electron chi connectivity index (χ2n) is 7.97. The van der Waals surface area contributed by atoms with Crippen molar-refractivity contribution in [2.24, 2.45) is 0 Å². The molecule has 1 aromatic carbocycles. The highest BCUT2D eigenvalue weighted by Crippen LogP contribution is 2.27. The third-order valence-electron chi connectivity index (χ3n) is 5.61. The number of benzene rings is 1. The molecule has 2 N–H and O–H groups in total. The molecule has 0 bridgehead atoms. The maximum Gasteiger partial charge on any atom is 0.263 e. The molecule has 0 aliphatic heterocycles. The highest BCUT2D eigenvalue weighted by molar-refractivity contribution is 5.94. The molecular weight excluding hydrogens is 452 g/mol. The minimum absolute atomic E-state index is 0.00258. The lowest BCUT2D eigenvalue weighted by atomic mass is 10.1. The number of carbonyl (C=O) groups excluding carboxylic acids is 1. The molecule has 0 aliphatic carbocycles. The van der Waals surface area contributed by atoms with Crippen LogP contribution in [0.5, 0.6) is 0 Å². The number of halogens is 2. The summed E-state index contributed by atoms with van der Waals surface area (Å²) in [5.41, 5.74) is 3.15. The van der Waals surface area contributed by atoms with Crippen molar-refractivity contribution in [3.63, 3.8) is 0 Å². The highest BCUT2D eigenvalue weighted by Gasteiger charge is 2.14. The number of nitrogens with one attached hydrogen (secondary N) is 2. The van der Waals surface area contributed by atoms with E-state index in [0.29, 0.717) is 5.56 Å². The number of aromatic amines is 1. The zero-order chi connectivity index (χ0) is 24.4. The summed E-state index contributed by atoms with van der Waals surface area (Å²) in [6, 6.07) is 12.1. The van der Waals surface area contributed by atoms with Crippen molar-refractivity contribution in [3.05, 3.63) is 118 Å². The molecule has 0 unspecified atom stereocenters. The molecule has 174 valence electrons. The number of fused-ring (bicyclic) bond motifs is 1. The number of H-pyrrole nitrogens is 1. The maximum absolute atomic E-state index is 13.5. The van der Waals surface area contributed by atoms with Gasteiger partial charge in [0.2, 0.25) is 0 Å². The third kappa shape index (κ3) is 4.56. The van der Waals surface area contributed by atoms with Crippen LogP contribution in [0.4, 0.5) is 8.78 Å². The summed E-state index contributed by atoms with van der Waals surface area (Å²) in [4.78, 5) is 37.3. The molecular formula is C26H19F2N5O2. The van der Waals surface area contributed by atoms with Gasteiger partial charge in [0.25, 0.3) is 11.5 Å². The molecule has 5 rings (SSSR count). The van der Waals surface area contributed by atoms with Crippen LogP contribution in [0.25, 0.3) is 22.2 Å². The molecule has 5 aromatic rings. The Hall–Kier alpha value is -4.66. The van der Waals surface area contributed by atoms with E-state index in [1.807, 2.05) is 24.4 Å². The first-order chi connectivity index (χ1) is 17.0. The number of aromatic nitrogens is 4. The number of hydrogen-bond donors (Lipinski definition) is 2. The number of carbonyl (C=O) groups is 1. The minimum atomic E-state index is -0.996. The molecule has 0 spiro atoms. The summed E-state index contributed by atoms with van der Waals surface area (Å²) in [6.07, 6.45) is 8.43. The molecule has 0 saturated heterocycles. The molecule has 9 heteroatoms. The van der Waals surface area contributed by atoms with Crippen molar-refractivity contribution >= 4 is 16.9 Å². The van der Waals surface area contributed by atoms with Gasteiger partial charge in [0.05, 0.1) is 6.54 Å². The Labute approximate surface area is 198 Å². The average Bonchev–Trinajstić information content (AvgIpc) is 3.30. The van der Waals surface area contributed by atoms with Gasteiger partial charge >= 0.3 is 0 Å². The van der Waals surface area contributed by atoms with Gasteiger partial charge in [-0.1, -0.05) is 6.07 Å². The molecule has 0 fully saturated rings. The van der Waals surface area contributed by atoms with Crippen molar-refractivity contribution < 1.29 is 13.6 Å². The number of nitrogens with zero attached hydrogens (tertiary/aromatic N) is 3. The molecule has 35 heavy (non-hydrogen) atoms. The van der Waals surface area contributed by atoms with E-state index in [1.165, 1.54) is 22.9 Å². The average molecular weight is 471 g/mol. The molecule has 4 aromatic heterocycles. The minimum Gasteiger partial charge on any atom is -0.348 e. The summed E-state index contributed by atoms with van der Waals surface area (Å²) >= 11 is 0. The van der Waals surface area contributed by atoms with Gasteiger partial charge in [-0.3, -0.25) is 14.6 Å².